The number of anilines is 1. The number of amides is 2. The van der Waals surface area contributed by atoms with Crippen LogP contribution in [0.15, 0.2) is 24.3 Å². The molecule has 6 heteroatoms. The van der Waals surface area contributed by atoms with Crippen molar-refractivity contribution < 1.29 is 14.3 Å². The smallest absolute Gasteiger partial charge is 0.253 e. The van der Waals surface area contributed by atoms with Crippen LogP contribution in [0.4, 0.5) is 5.69 Å². The average molecular weight is 291 g/mol. The highest BCUT2D eigenvalue weighted by atomic mass is 16.5. The molecule has 1 heterocycles. The van der Waals surface area contributed by atoms with Crippen LogP contribution < -0.4 is 10.6 Å². The van der Waals surface area contributed by atoms with E-state index in [0.29, 0.717) is 24.2 Å². The Morgan fingerprint density at radius 1 is 1.29 bits per heavy atom. The summed E-state index contributed by atoms with van der Waals surface area (Å²) < 4.78 is 5.29. The zero-order valence-corrected chi connectivity index (χ0v) is 12.0. The maximum absolute atomic E-state index is 12.1. The van der Waals surface area contributed by atoms with Crippen LogP contribution in [-0.2, 0) is 9.53 Å². The first kappa shape index (κ1) is 15.5. The molecule has 0 aromatic heterocycles. The Kier molecular flexibility index (Phi) is 6.18. The first-order chi connectivity index (χ1) is 10.3. The van der Waals surface area contributed by atoms with Gasteiger partial charge in [-0.2, -0.15) is 0 Å². The monoisotopic (exact) mass is 291 g/mol. The van der Waals surface area contributed by atoms with Crippen LogP contribution in [0.3, 0.4) is 0 Å². The summed E-state index contributed by atoms with van der Waals surface area (Å²) >= 11 is 0. The third-order valence-electron chi connectivity index (χ3n) is 3.43. The molecule has 2 rings (SSSR count). The maximum Gasteiger partial charge on any atom is 0.253 e. The van der Waals surface area contributed by atoms with Gasteiger partial charge in [-0.15, -0.1) is 0 Å². The molecule has 0 atom stereocenters. The van der Waals surface area contributed by atoms with Crippen molar-refractivity contribution in [2.75, 3.05) is 44.7 Å². The number of nitrogens with one attached hydrogen (secondary N) is 2. The molecule has 0 radical (unpaired) electrons. The van der Waals surface area contributed by atoms with E-state index in [9.17, 15) is 9.59 Å². The number of para-hydroxylation sites is 1. The highest BCUT2D eigenvalue weighted by molar-refractivity contribution is 6.01. The summed E-state index contributed by atoms with van der Waals surface area (Å²) in [6.45, 7) is 5.07. The zero-order valence-electron chi connectivity index (χ0n) is 12.0. The fraction of sp³-hybridized carbons (Fsp3) is 0.467. The van der Waals surface area contributed by atoms with Crippen molar-refractivity contribution in [1.82, 2.24) is 10.2 Å². The van der Waals surface area contributed by atoms with Gasteiger partial charge in [0, 0.05) is 19.6 Å². The number of benzene rings is 1. The third-order valence-corrected chi connectivity index (χ3v) is 3.43. The summed E-state index contributed by atoms with van der Waals surface area (Å²) in [6.07, 6.45) is 1.47. The molecule has 0 saturated carbocycles. The SMILES string of the molecule is O=CNc1ccccc1C(=O)NCCCN1CCOCC1. The standard InChI is InChI=1S/C15H21N3O3/c19-12-17-14-5-2-1-4-13(14)15(20)16-6-3-7-18-8-10-21-11-9-18/h1-2,4-5,12H,3,6-11H2,(H,16,20)(H,17,19). The van der Waals surface area contributed by atoms with Gasteiger partial charge in [0.25, 0.3) is 5.91 Å². The van der Waals surface area contributed by atoms with Crippen LogP contribution in [0.2, 0.25) is 0 Å². The van der Waals surface area contributed by atoms with E-state index in [4.69, 9.17) is 4.74 Å². The minimum Gasteiger partial charge on any atom is -0.379 e. The summed E-state index contributed by atoms with van der Waals surface area (Å²) in [5.41, 5.74) is 1.01. The average Bonchev–Trinajstić information content (AvgIpc) is 2.53. The van der Waals surface area contributed by atoms with Gasteiger partial charge in [0.2, 0.25) is 6.41 Å². The van der Waals surface area contributed by atoms with Crippen molar-refractivity contribution in [2.24, 2.45) is 0 Å². The van der Waals surface area contributed by atoms with Gasteiger partial charge < -0.3 is 15.4 Å². The number of hydrogen-bond acceptors (Lipinski definition) is 4. The van der Waals surface area contributed by atoms with Crippen LogP contribution in [0.5, 0.6) is 0 Å². The quantitative estimate of drug-likeness (QED) is 0.573. The Hall–Kier alpha value is -1.92. The third kappa shape index (κ3) is 4.84. The molecule has 114 valence electrons. The normalized spacial score (nSPS) is 15.4. The predicted octanol–water partition coefficient (Wildman–Crippen LogP) is 0.707. The van der Waals surface area contributed by atoms with Crippen molar-refractivity contribution in [3.8, 4) is 0 Å². The molecule has 2 amide bonds. The summed E-state index contributed by atoms with van der Waals surface area (Å²) in [6, 6.07) is 6.96. The van der Waals surface area contributed by atoms with Gasteiger partial charge in [0.1, 0.15) is 0 Å². The van der Waals surface area contributed by atoms with E-state index in [1.165, 1.54) is 0 Å². The van der Waals surface area contributed by atoms with Crippen molar-refractivity contribution in [2.45, 2.75) is 6.42 Å². The minimum absolute atomic E-state index is 0.165. The van der Waals surface area contributed by atoms with Gasteiger partial charge in [-0.1, -0.05) is 12.1 Å². The number of morpholine rings is 1. The fourth-order valence-corrected chi connectivity index (χ4v) is 2.30. The van der Waals surface area contributed by atoms with Crippen LogP contribution in [0.1, 0.15) is 16.8 Å². The Morgan fingerprint density at radius 3 is 2.81 bits per heavy atom. The molecule has 1 aromatic rings. The van der Waals surface area contributed by atoms with E-state index in [-0.39, 0.29) is 5.91 Å². The van der Waals surface area contributed by atoms with Crippen LogP contribution in [-0.4, -0.2) is 56.6 Å². The number of ether oxygens (including phenoxy) is 1. The van der Waals surface area contributed by atoms with Gasteiger partial charge >= 0.3 is 0 Å². The molecule has 1 saturated heterocycles. The maximum atomic E-state index is 12.1. The first-order valence-electron chi connectivity index (χ1n) is 7.19. The van der Waals surface area contributed by atoms with Crippen LogP contribution >= 0.6 is 0 Å². The van der Waals surface area contributed by atoms with Crippen molar-refractivity contribution in [3.63, 3.8) is 0 Å². The summed E-state index contributed by atoms with van der Waals surface area (Å²) in [7, 11) is 0. The van der Waals surface area contributed by atoms with Crippen molar-refractivity contribution in [1.29, 1.82) is 0 Å². The molecule has 6 nitrogen and oxygen atoms in total. The molecule has 0 spiro atoms. The lowest BCUT2D eigenvalue weighted by molar-refractivity contribution is -0.105. The number of carbonyl (C=O) groups is 2. The van der Waals surface area contributed by atoms with E-state index in [1.54, 1.807) is 24.3 Å². The van der Waals surface area contributed by atoms with Gasteiger partial charge in [-0.25, -0.2) is 0 Å². The van der Waals surface area contributed by atoms with Gasteiger partial charge in [-0.3, -0.25) is 14.5 Å². The van der Waals surface area contributed by atoms with Gasteiger partial charge in [-0.05, 0) is 25.1 Å². The minimum atomic E-state index is -0.165. The fourth-order valence-electron chi connectivity index (χ4n) is 2.30. The summed E-state index contributed by atoms with van der Waals surface area (Å²) in [5.74, 6) is -0.165. The van der Waals surface area contributed by atoms with E-state index >= 15 is 0 Å². The largest absolute Gasteiger partial charge is 0.379 e. The highest BCUT2D eigenvalue weighted by Crippen LogP contribution is 2.13. The molecule has 1 aromatic carbocycles. The lowest BCUT2D eigenvalue weighted by atomic mass is 10.1. The van der Waals surface area contributed by atoms with Crippen molar-refractivity contribution in [3.05, 3.63) is 29.8 Å². The molecular formula is C15H21N3O3. The Morgan fingerprint density at radius 2 is 2.05 bits per heavy atom. The molecule has 1 aliphatic heterocycles. The first-order valence-corrected chi connectivity index (χ1v) is 7.19. The second kappa shape index (κ2) is 8.39. The molecular weight excluding hydrogens is 270 g/mol. The number of nitrogens with zero attached hydrogens (tertiary/aromatic N) is 1. The van der Waals surface area contributed by atoms with Crippen LogP contribution in [0.25, 0.3) is 0 Å². The molecule has 2 N–H and O–H groups in total. The summed E-state index contributed by atoms with van der Waals surface area (Å²) in [4.78, 5) is 24.9. The molecule has 0 bridgehead atoms. The molecule has 1 fully saturated rings. The lowest BCUT2D eigenvalue weighted by Gasteiger charge is -2.26. The number of carbonyl (C=O) groups excluding carboxylic acids is 2. The second-order valence-electron chi connectivity index (χ2n) is 4.87. The van der Waals surface area contributed by atoms with Crippen LogP contribution in [0, 0.1) is 0 Å². The van der Waals surface area contributed by atoms with Gasteiger partial charge in [0.05, 0.1) is 24.5 Å². The molecule has 1 aliphatic rings. The predicted molar refractivity (Wildman–Crippen MR) is 80.3 cm³/mol. The number of hydrogen-bond donors (Lipinski definition) is 2. The van der Waals surface area contributed by atoms with Gasteiger partial charge in [0.15, 0.2) is 0 Å². The zero-order chi connectivity index (χ0) is 14.9. The summed E-state index contributed by atoms with van der Waals surface area (Å²) in [5, 5.41) is 5.42. The topological polar surface area (TPSA) is 70.7 Å². The van der Waals surface area contributed by atoms with E-state index in [2.05, 4.69) is 15.5 Å². The molecule has 0 aliphatic carbocycles. The Bertz CT molecular complexity index is 473. The van der Waals surface area contributed by atoms with E-state index < -0.39 is 0 Å². The molecule has 21 heavy (non-hydrogen) atoms. The van der Waals surface area contributed by atoms with E-state index in [1.807, 2.05) is 0 Å². The Labute approximate surface area is 124 Å². The van der Waals surface area contributed by atoms with Crippen molar-refractivity contribution >= 4 is 18.0 Å². The number of rotatable bonds is 7. The van der Waals surface area contributed by atoms with E-state index in [0.717, 1.165) is 39.3 Å². The second-order valence-corrected chi connectivity index (χ2v) is 4.87. The molecule has 0 unspecified atom stereocenters. The lowest BCUT2D eigenvalue weighted by Crippen LogP contribution is -2.38. The Balaban J connectivity index is 1.75. The highest BCUT2D eigenvalue weighted by Gasteiger charge is 2.11.